The molecule has 0 fully saturated rings. The number of hydrogen-bond acceptors (Lipinski definition) is 5. The number of hydrogen-bond donors (Lipinski definition) is 1. The number of thiophene rings is 1. The van der Waals surface area contributed by atoms with Gasteiger partial charge in [0, 0.05) is 30.6 Å². The molecule has 4 rings (SSSR count). The van der Waals surface area contributed by atoms with Gasteiger partial charge in [0.05, 0.1) is 15.5 Å². The molecule has 2 heterocycles. The number of carbonyl (C=O) groups is 1. The van der Waals surface area contributed by atoms with Gasteiger partial charge in [-0.05, 0) is 47.4 Å². The van der Waals surface area contributed by atoms with Crippen molar-refractivity contribution in [2.24, 2.45) is 0 Å². The normalized spacial score (nSPS) is 11.7. The number of aromatic nitrogens is 2. The number of benzene rings is 2. The van der Waals surface area contributed by atoms with E-state index in [1.807, 2.05) is 54.0 Å². The SMILES string of the molecule is CS(=O)(=O)c1ccc(CNC(=O)C=Cc2cn(-c3ccccc3)nc2-c2cccs2)cc1. The molecule has 6 nitrogen and oxygen atoms in total. The molecule has 162 valence electrons. The third-order valence-corrected chi connectivity index (χ3v) is 6.76. The van der Waals surface area contributed by atoms with Gasteiger partial charge in [-0.3, -0.25) is 4.79 Å². The predicted octanol–water partition coefficient (Wildman–Crippen LogP) is 4.33. The zero-order chi connectivity index (χ0) is 22.6. The number of carbonyl (C=O) groups excluding carboxylic acids is 1. The van der Waals surface area contributed by atoms with E-state index < -0.39 is 9.84 Å². The molecule has 0 bridgehead atoms. The van der Waals surface area contributed by atoms with Gasteiger partial charge < -0.3 is 5.32 Å². The molecule has 0 atom stereocenters. The van der Waals surface area contributed by atoms with Crippen LogP contribution in [0.25, 0.3) is 22.3 Å². The van der Waals surface area contributed by atoms with Crippen LogP contribution in [-0.2, 0) is 21.2 Å². The zero-order valence-corrected chi connectivity index (χ0v) is 18.9. The van der Waals surface area contributed by atoms with Crippen LogP contribution >= 0.6 is 11.3 Å². The van der Waals surface area contributed by atoms with Crippen molar-refractivity contribution in [2.75, 3.05) is 6.26 Å². The van der Waals surface area contributed by atoms with E-state index in [-0.39, 0.29) is 10.8 Å². The van der Waals surface area contributed by atoms with Gasteiger partial charge in [-0.15, -0.1) is 11.3 Å². The second-order valence-electron chi connectivity index (χ2n) is 7.16. The molecule has 2 aromatic carbocycles. The van der Waals surface area contributed by atoms with Crippen LogP contribution < -0.4 is 5.32 Å². The van der Waals surface area contributed by atoms with Crippen LogP contribution in [0.5, 0.6) is 0 Å². The average molecular weight is 464 g/mol. The van der Waals surface area contributed by atoms with Crippen LogP contribution in [0.15, 0.2) is 89.3 Å². The molecule has 1 N–H and O–H groups in total. The van der Waals surface area contributed by atoms with Crippen molar-refractivity contribution in [1.82, 2.24) is 15.1 Å². The van der Waals surface area contributed by atoms with Gasteiger partial charge in [0.2, 0.25) is 5.91 Å². The third-order valence-electron chi connectivity index (χ3n) is 4.75. The lowest BCUT2D eigenvalue weighted by atomic mass is 10.2. The Morgan fingerprint density at radius 1 is 1.06 bits per heavy atom. The molecule has 4 aromatic rings. The molecule has 2 aromatic heterocycles. The first kappa shape index (κ1) is 21.7. The summed E-state index contributed by atoms with van der Waals surface area (Å²) in [5.74, 6) is -0.248. The molecule has 0 saturated carbocycles. The second-order valence-corrected chi connectivity index (χ2v) is 10.1. The Hall–Kier alpha value is -3.49. The minimum Gasteiger partial charge on any atom is -0.348 e. The Balaban J connectivity index is 1.48. The van der Waals surface area contributed by atoms with Crippen molar-refractivity contribution in [3.05, 3.63) is 95.5 Å². The highest BCUT2D eigenvalue weighted by Gasteiger charge is 2.12. The van der Waals surface area contributed by atoms with Crippen LogP contribution in [0.1, 0.15) is 11.1 Å². The van der Waals surface area contributed by atoms with Gasteiger partial charge in [-0.1, -0.05) is 36.4 Å². The number of nitrogens with one attached hydrogen (secondary N) is 1. The summed E-state index contributed by atoms with van der Waals surface area (Å²) in [4.78, 5) is 13.6. The van der Waals surface area contributed by atoms with E-state index in [9.17, 15) is 13.2 Å². The van der Waals surface area contributed by atoms with Crippen LogP contribution in [0.4, 0.5) is 0 Å². The summed E-state index contributed by atoms with van der Waals surface area (Å²) < 4.78 is 24.9. The van der Waals surface area contributed by atoms with Crippen molar-refractivity contribution in [1.29, 1.82) is 0 Å². The van der Waals surface area contributed by atoms with Gasteiger partial charge in [0.15, 0.2) is 9.84 Å². The molecule has 0 aliphatic rings. The summed E-state index contributed by atoms with van der Waals surface area (Å²) in [6, 6.07) is 20.2. The Labute approximate surface area is 190 Å². The van der Waals surface area contributed by atoms with Crippen LogP contribution in [0.2, 0.25) is 0 Å². The van der Waals surface area contributed by atoms with Gasteiger partial charge in [0.1, 0.15) is 5.69 Å². The van der Waals surface area contributed by atoms with E-state index in [1.165, 1.54) is 24.5 Å². The molecular weight excluding hydrogens is 442 g/mol. The highest BCUT2D eigenvalue weighted by atomic mass is 32.2. The smallest absolute Gasteiger partial charge is 0.244 e. The standard InChI is InChI=1S/C24H21N3O3S2/c1-32(29,30)21-12-9-18(10-13-21)16-25-23(28)14-11-19-17-27(20-6-3-2-4-7-20)26-24(19)22-8-5-15-31-22/h2-15,17H,16H2,1H3,(H,25,28). The summed E-state index contributed by atoms with van der Waals surface area (Å²) >= 11 is 1.59. The first-order chi connectivity index (χ1) is 15.4. The Bertz CT molecular complexity index is 1340. The molecule has 0 aliphatic heterocycles. The van der Waals surface area contributed by atoms with Crippen LogP contribution in [0, 0.1) is 0 Å². The van der Waals surface area contributed by atoms with Crippen LogP contribution in [-0.4, -0.2) is 30.4 Å². The molecule has 32 heavy (non-hydrogen) atoms. The lowest BCUT2D eigenvalue weighted by molar-refractivity contribution is -0.116. The zero-order valence-electron chi connectivity index (χ0n) is 17.3. The van der Waals surface area contributed by atoms with Gasteiger partial charge >= 0.3 is 0 Å². The van der Waals surface area contributed by atoms with Crippen LogP contribution in [0.3, 0.4) is 0 Å². The fraction of sp³-hybridized carbons (Fsp3) is 0.0833. The Morgan fingerprint density at radius 2 is 1.81 bits per heavy atom. The van der Waals surface area contributed by atoms with Gasteiger partial charge in [-0.2, -0.15) is 5.10 Å². The Morgan fingerprint density at radius 3 is 2.47 bits per heavy atom. The number of rotatable bonds is 7. The summed E-state index contributed by atoms with van der Waals surface area (Å²) in [6.07, 6.45) is 6.30. The van der Waals surface area contributed by atoms with Crippen molar-refractivity contribution in [3.63, 3.8) is 0 Å². The van der Waals surface area contributed by atoms with E-state index in [2.05, 4.69) is 5.32 Å². The number of sulfone groups is 1. The lowest BCUT2D eigenvalue weighted by Crippen LogP contribution is -2.20. The Kier molecular flexibility index (Phi) is 6.34. The molecule has 8 heteroatoms. The highest BCUT2D eigenvalue weighted by Crippen LogP contribution is 2.28. The fourth-order valence-electron chi connectivity index (χ4n) is 3.10. The second kappa shape index (κ2) is 9.33. The monoisotopic (exact) mass is 463 g/mol. The van der Waals surface area contributed by atoms with E-state index in [0.717, 1.165) is 27.4 Å². The largest absolute Gasteiger partial charge is 0.348 e. The third kappa shape index (κ3) is 5.22. The predicted molar refractivity (Wildman–Crippen MR) is 127 cm³/mol. The summed E-state index contributed by atoms with van der Waals surface area (Å²) in [6.45, 7) is 0.300. The highest BCUT2D eigenvalue weighted by molar-refractivity contribution is 7.90. The quantitative estimate of drug-likeness (QED) is 0.414. The first-order valence-electron chi connectivity index (χ1n) is 9.84. The van der Waals surface area contributed by atoms with Crippen molar-refractivity contribution in [3.8, 4) is 16.3 Å². The van der Waals surface area contributed by atoms with Crippen molar-refractivity contribution in [2.45, 2.75) is 11.4 Å². The minimum absolute atomic E-state index is 0.248. The van der Waals surface area contributed by atoms with Gasteiger partial charge in [-0.25, -0.2) is 13.1 Å². The molecule has 0 unspecified atom stereocenters. The van der Waals surface area contributed by atoms with E-state index in [1.54, 1.807) is 34.2 Å². The number of amides is 1. The van der Waals surface area contributed by atoms with E-state index >= 15 is 0 Å². The first-order valence-corrected chi connectivity index (χ1v) is 12.6. The van der Waals surface area contributed by atoms with Crippen molar-refractivity contribution < 1.29 is 13.2 Å². The molecule has 0 saturated heterocycles. The molecular formula is C24H21N3O3S2. The molecule has 0 spiro atoms. The fourth-order valence-corrected chi connectivity index (χ4v) is 4.46. The summed E-state index contributed by atoms with van der Waals surface area (Å²) in [7, 11) is -3.24. The summed E-state index contributed by atoms with van der Waals surface area (Å²) in [5.41, 5.74) is 3.40. The maximum Gasteiger partial charge on any atom is 0.244 e. The topological polar surface area (TPSA) is 81.1 Å². The maximum absolute atomic E-state index is 12.4. The van der Waals surface area contributed by atoms with Crippen molar-refractivity contribution >= 4 is 33.2 Å². The van der Waals surface area contributed by atoms with E-state index in [4.69, 9.17) is 5.10 Å². The average Bonchev–Trinajstić information content (AvgIpc) is 3.46. The van der Waals surface area contributed by atoms with Gasteiger partial charge in [0.25, 0.3) is 0 Å². The minimum atomic E-state index is -3.24. The molecule has 0 aliphatic carbocycles. The number of para-hydroxylation sites is 1. The summed E-state index contributed by atoms with van der Waals surface area (Å²) in [5, 5.41) is 9.53. The van der Waals surface area contributed by atoms with E-state index in [0.29, 0.717) is 6.54 Å². The molecule has 0 radical (unpaired) electrons. The number of nitrogens with zero attached hydrogens (tertiary/aromatic N) is 2. The molecule has 1 amide bonds. The maximum atomic E-state index is 12.4. The lowest BCUT2D eigenvalue weighted by Gasteiger charge is -2.04.